The molecule has 1 aliphatic heterocycles. The summed E-state index contributed by atoms with van der Waals surface area (Å²) >= 11 is 0. The number of nitrogens with one attached hydrogen (secondary N) is 1. The molecule has 23 heavy (non-hydrogen) atoms. The van der Waals surface area contributed by atoms with Gasteiger partial charge in [0.1, 0.15) is 5.82 Å². The molecule has 1 aromatic carbocycles. The van der Waals surface area contributed by atoms with Gasteiger partial charge in [0, 0.05) is 55.9 Å². The lowest BCUT2D eigenvalue weighted by atomic mass is 9.79. The minimum absolute atomic E-state index is 0.0324. The summed E-state index contributed by atoms with van der Waals surface area (Å²) in [6.07, 6.45) is 0. The first kappa shape index (κ1) is 18.0. The molecule has 2 N–H and O–H groups in total. The lowest BCUT2D eigenvalue weighted by molar-refractivity contribution is 0.0285. The molecule has 0 spiro atoms. The second-order valence-electron chi connectivity index (χ2n) is 6.56. The molecule has 1 fully saturated rings. The van der Waals surface area contributed by atoms with E-state index < -0.39 is 5.41 Å². The van der Waals surface area contributed by atoms with Crippen LogP contribution in [0, 0.1) is 11.2 Å². The zero-order valence-electron chi connectivity index (χ0n) is 14.4. The predicted molar refractivity (Wildman–Crippen MR) is 87.6 cm³/mol. The van der Waals surface area contributed by atoms with Crippen LogP contribution in [-0.4, -0.2) is 57.0 Å². The van der Waals surface area contributed by atoms with E-state index in [-0.39, 0.29) is 18.5 Å². The van der Waals surface area contributed by atoms with Crippen LogP contribution >= 0.6 is 0 Å². The highest BCUT2D eigenvalue weighted by molar-refractivity contribution is 5.45. The third-order valence-corrected chi connectivity index (χ3v) is 4.46. The number of aliphatic hydroxyl groups excluding tert-OH is 1. The molecular weight excluding hydrogens is 299 g/mol. The number of nitrogens with zero attached hydrogens (tertiary/aromatic N) is 1. The monoisotopic (exact) mass is 326 g/mol. The van der Waals surface area contributed by atoms with Gasteiger partial charge in [-0.3, -0.25) is 4.90 Å². The van der Waals surface area contributed by atoms with Crippen molar-refractivity contribution < 1.29 is 19.0 Å². The molecule has 1 heterocycles. The van der Waals surface area contributed by atoms with Crippen LogP contribution in [0.25, 0.3) is 0 Å². The molecule has 0 aromatic heterocycles. The van der Waals surface area contributed by atoms with Crippen molar-refractivity contribution in [3.63, 3.8) is 0 Å². The Morgan fingerprint density at radius 3 is 2.30 bits per heavy atom. The van der Waals surface area contributed by atoms with E-state index >= 15 is 0 Å². The fraction of sp³-hybridized carbons (Fsp3) is 0.647. The van der Waals surface area contributed by atoms with Crippen LogP contribution in [0.4, 0.5) is 4.39 Å². The summed E-state index contributed by atoms with van der Waals surface area (Å²) in [5.74, 6) is 0.528. The second-order valence-corrected chi connectivity index (χ2v) is 6.56. The average molecular weight is 326 g/mol. The molecule has 6 heteroatoms. The van der Waals surface area contributed by atoms with Crippen LogP contribution in [0.1, 0.15) is 25.5 Å². The summed E-state index contributed by atoms with van der Waals surface area (Å²) in [6, 6.07) is 2.81. The fourth-order valence-electron chi connectivity index (χ4n) is 3.22. The number of aliphatic hydroxyl groups is 1. The number of hydrogen-bond donors (Lipinski definition) is 2. The summed E-state index contributed by atoms with van der Waals surface area (Å²) in [7, 11) is 3.03. The highest BCUT2D eigenvalue weighted by Gasteiger charge is 2.37. The van der Waals surface area contributed by atoms with E-state index in [9.17, 15) is 9.50 Å². The van der Waals surface area contributed by atoms with Crippen LogP contribution in [0.5, 0.6) is 11.5 Å². The van der Waals surface area contributed by atoms with E-state index in [0.717, 1.165) is 26.2 Å². The van der Waals surface area contributed by atoms with E-state index in [1.165, 1.54) is 20.3 Å². The van der Waals surface area contributed by atoms with E-state index in [1.54, 1.807) is 6.07 Å². The van der Waals surface area contributed by atoms with Crippen molar-refractivity contribution in [3.8, 4) is 11.5 Å². The predicted octanol–water partition coefficient (Wildman–Crippen LogP) is 1.81. The number of hydrogen-bond acceptors (Lipinski definition) is 5. The minimum Gasteiger partial charge on any atom is -0.493 e. The maximum atomic E-state index is 14.8. The van der Waals surface area contributed by atoms with E-state index in [1.807, 2.05) is 13.8 Å². The molecule has 0 saturated carbocycles. The van der Waals surface area contributed by atoms with Gasteiger partial charge in [-0.05, 0) is 6.07 Å². The van der Waals surface area contributed by atoms with Crippen molar-refractivity contribution in [1.29, 1.82) is 0 Å². The molecule has 130 valence electrons. The second kappa shape index (κ2) is 7.47. The quantitative estimate of drug-likeness (QED) is 0.835. The maximum Gasteiger partial charge on any atom is 0.163 e. The average Bonchev–Trinajstić information content (AvgIpc) is 2.57. The number of methoxy groups -OCH3 is 2. The Bertz CT molecular complexity index is 531. The Morgan fingerprint density at radius 1 is 1.22 bits per heavy atom. The number of ether oxygens (including phenoxy) is 2. The molecule has 0 amide bonds. The summed E-state index contributed by atoms with van der Waals surface area (Å²) in [6.45, 7) is 7.20. The SMILES string of the molecule is COc1cc(F)c([C@@H](N2CCNCC2)C(C)(C)CO)cc1OC. The van der Waals surface area contributed by atoms with Gasteiger partial charge in [0.05, 0.1) is 14.2 Å². The van der Waals surface area contributed by atoms with Crippen molar-refractivity contribution in [2.45, 2.75) is 19.9 Å². The maximum absolute atomic E-state index is 14.8. The van der Waals surface area contributed by atoms with E-state index in [4.69, 9.17) is 9.47 Å². The lowest BCUT2D eigenvalue weighted by Gasteiger charge is -2.43. The Kier molecular flexibility index (Phi) is 5.84. The van der Waals surface area contributed by atoms with Crippen molar-refractivity contribution >= 4 is 0 Å². The molecule has 0 bridgehead atoms. The molecule has 1 aromatic rings. The molecule has 0 aliphatic carbocycles. The standard InChI is InChI=1S/C17H27FN2O3/c1-17(2,11-21)16(20-7-5-19-6-8-20)12-9-14(22-3)15(23-4)10-13(12)18/h9-10,16,19,21H,5-8,11H2,1-4H3/t16-/m1/s1. The Balaban J connectivity index is 2.50. The molecule has 0 radical (unpaired) electrons. The van der Waals surface area contributed by atoms with Crippen molar-refractivity contribution in [2.75, 3.05) is 47.0 Å². The zero-order chi connectivity index (χ0) is 17.0. The summed E-state index contributed by atoms with van der Waals surface area (Å²) in [5.41, 5.74) is 0.0428. The molecule has 0 unspecified atom stereocenters. The van der Waals surface area contributed by atoms with Crippen LogP contribution in [0.3, 0.4) is 0 Å². The molecular formula is C17H27FN2O3. The van der Waals surface area contributed by atoms with Gasteiger partial charge in [-0.25, -0.2) is 4.39 Å². The molecule has 5 nitrogen and oxygen atoms in total. The zero-order valence-corrected chi connectivity index (χ0v) is 14.4. The van der Waals surface area contributed by atoms with Gasteiger partial charge in [0.25, 0.3) is 0 Å². The summed E-state index contributed by atoms with van der Waals surface area (Å²) < 4.78 is 25.3. The number of halogens is 1. The van der Waals surface area contributed by atoms with Crippen molar-refractivity contribution in [3.05, 3.63) is 23.5 Å². The van der Waals surface area contributed by atoms with Gasteiger partial charge in [-0.15, -0.1) is 0 Å². The third kappa shape index (κ3) is 3.76. The number of piperazine rings is 1. The molecule has 1 aliphatic rings. The summed E-state index contributed by atoms with van der Waals surface area (Å²) in [4.78, 5) is 2.22. The van der Waals surface area contributed by atoms with Gasteiger partial charge in [-0.2, -0.15) is 0 Å². The fourth-order valence-corrected chi connectivity index (χ4v) is 3.22. The van der Waals surface area contributed by atoms with Crippen molar-refractivity contribution in [2.24, 2.45) is 5.41 Å². The van der Waals surface area contributed by atoms with E-state index in [0.29, 0.717) is 17.1 Å². The Labute approximate surface area is 137 Å². The van der Waals surface area contributed by atoms with Gasteiger partial charge in [-0.1, -0.05) is 13.8 Å². The smallest absolute Gasteiger partial charge is 0.163 e. The highest BCUT2D eigenvalue weighted by atomic mass is 19.1. The number of rotatable bonds is 6. The molecule has 2 rings (SSSR count). The first-order valence-corrected chi connectivity index (χ1v) is 7.91. The molecule has 1 saturated heterocycles. The van der Waals surface area contributed by atoms with Gasteiger partial charge >= 0.3 is 0 Å². The Hall–Kier alpha value is -1.37. The Morgan fingerprint density at radius 2 is 1.78 bits per heavy atom. The lowest BCUT2D eigenvalue weighted by Crippen LogP contribution is -2.49. The number of benzene rings is 1. The molecule has 1 atom stereocenters. The van der Waals surface area contributed by atoms with Gasteiger partial charge < -0.3 is 19.9 Å². The van der Waals surface area contributed by atoms with E-state index in [2.05, 4.69) is 10.2 Å². The normalized spacial score (nSPS) is 17.8. The largest absolute Gasteiger partial charge is 0.493 e. The van der Waals surface area contributed by atoms with Gasteiger partial charge in [0.15, 0.2) is 11.5 Å². The highest BCUT2D eigenvalue weighted by Crippen LogP contribution is 2.42. The van der Waals surface area contributed by atoms with Gasteiger partial charge in [0.2, 0.25) is 0 Å². The first-order chi connectivity index (χ1) is 10.9. The first-order valence-electron chi connectivity index (χ1n) is 7.91. The van der Waals surface area contributed by atoms with Crippen molar-refractivity contribution in [1.82, 2.24) is 10.2 Å². The third-order valence-electron chi connectivity index (χ3n) is 4.46. The van der Waals surface area contributed by atoms with Crippen LogP contribution in [0.15, 0.2) is 12.1 Å². The topological polar surface area (TPSA) is 54.0 Å². The van der Waals surface area contributed by atoms with Crippen LogP contribution in [0.2, 0.25) is 0 Å². The summed E-state index contributed by atoms with van der Waals surface area (Å²) in [5, 5.41) is 13.2. The van der Waals surface area contributed by atoms with Crippen LogP contribution < -0.4 is 14.8 Å². The van der Waals surface area contributed by atoms with Crippen LogP contribution in [-0.2, 0) is 0 Å². The minimum atomic E-state index is -0.488.